The number of benzene rings is 1. The molecule has 1 aliphatic heterocycles. The first kappa shape index (κ1) is 24.0. The molecule has 3 rings (SSSR count). The van der Waals surface area contributed by atoms with Crippen LogP contribution in [0.1, 0.15) is 46.1 Å². The Hall–Kier alpha value is -2.67. The molecule has 174 valence electrons. The van der Waals surface area contributed by atoms with E-state index in [0.717, 1.165) is 37.9 Å². The summed E-state index contributed by atoms with van der Waals surface area (Å²) < 4.78 is 5.37. The van der Waals surface area contributed by atoms with Crippen LogP contribution in [0.3, 0.4) is 0 Å². The summed E-state index contributed by atoms with van der Waals surface area (Å²) in [6.45, 7) is 10.9. The van der Waals surface area contributed by atoms with Crippen LogP contribution in [0, 0.1) is 0 Å². The van der Waals surface area contributed by atoms with Crippen LogP contribution in [0.2, 0.25) is 0 Å². The van der Waals surface area contributed by atoms with E-state index in [4.69, 9.17) is 4.74 Å². The van der Waals surface area contributed by atoms with Crippen LogP contribution in [0.5, 0.6) is 0 Å². The van der Waals surface area contributed by atoms with Gasteiger partial charge in [0.25, 0.3) is 0 Å². The van der Waals surface area contributed by atoms with Gasteiger partial charge in [-0.25, -0.2) is 4.79 Å². The van der Waals surface area contributed by atoms with Gasteiger partial charge in [0.15, 0.2) is 0 Å². The molecular formula is C25H36N4O3. The topological polar surface area (TPSA) is 66.0 Å². The van der Waals surface area contributed by atoms with E-state index in [0.29, 0.717) is 6.54 Å². The molecule has 7 nitrogen and oxygen atoms in total. The van der Waals surface area contributed by atoms with Crippen LogP contribution in [0.4, 0.5) is 4.79 Å². The average molecular weight is 441 g/mol. The van der Waals surface area contributed by atoms with E-state index in [-0.39, 0.29) is 18.5 Å². The number of amides is 2. The van der Waals surface area contributed by atoms with E-state index in [1.165, 1.54) is 15.8 Å². The third kappa shape index (κ3) is 6.66. The van der Waals surface area contributed by atoms with Crippen molar-refractivity contribution in [2.45, 2.75) is 58.7 Å². The summed E-state index contributed by atoms with van der Waals surface area (Å²) in [5.41, 5.74) is 0.682. The summed E-state index contributed by atoms with van der Waals surface area (Å²) in [6, 6.07) is 8.76. The van der Waals surface area contributed by atoms with Gasteiger partial charge in [-0.2, -0.15) is 0 Å². The van der Waals surface area contributed by atoms with Crippen LogP contribution < -0.4 is 0 Å². The molecule has 0 unspecified atom stereocenters. The number of ether oxygens (including phenoxy) is 1. The van der Waals surface area contributed by atoms with Gasteiger partial charge in [-0.1, -0.05) is 12.1 Å². The molecule has 0 aliphatic carbocycles. The van der Waals surface area contributed by atoms with Crippen molar-refractivity contribution in [3.8, 4) is 0 Å². The summed E-state index contributed by atoms with van der Waals surface area (Å²) in [7, 11) is 1.61. The molecular weight excluding hydrogens is 404 g/mol. The second-order valence-corrected chi connectivity index (χ2v) is 9.76. The van der Waals surface area contributed by atoms with Crippen molar-refractivity contribution in [1.82, 2.24) is 19.7 Å². The third-order valence-electron chi connectivity index (χ3n) is 5.75. The maximum Gasteiger partial charge on any atom is 0.410 e. The minimum Gasteiger partial charge on any atom is -0.444 e. The minimum absolute atomic E-state index is 0.0281. The van der Waals surface area contributed by atoms with Gasteiger partial charge >= 0.3 is 6.09 Å². The normalized spacial score (nSPS) is 18.2. The molecule has 2 amide bonds. The van der Waals surface area contributed by atoms with Crippen LogP contribution in [-0.2, 0) is 16.1 Å². The van der Waals surface area contributed by atoms with Crippen LogP contribution >= 0.6 is 0 Å². The van der Waals surface area contributed by atoms with E-state index in [1.54, 1.807) is 7.05 Å². The molecule has 0 spiro atoms. The predicted molar refractivity (Wildman–Crippen MR) is 126 cm³/mol. The maximum absolute atomic E-state index is 13.0. The fourth-order valence-corrected chi connectivity index (χ4v) is 4.00. The Bertz CT molecular complexity index is 940. The molecule has 1 aromatic heterocycles. The molecule has 2 heterocycles. The molecule has 0 saturated carbocycles. The van der Waals surface area contributed by atoms with Gasteiger partial charge < -0.3 is 14.5 Å². The lowest BCUT2D eigenvalue weighted by Gasteiger charge is -2.37. The Labute approximate surface area is 191 Å². The summed E-state index contributed by atoms with van der Waals surface area (Å²) in [4.78, 5) is 35.1. The van der Waals surface area contributed by atoms with E-state index in [9.17, 15) is 9.59 Å². The van der Waals surface area contributed by atoms with E-state index in [1.807, 2.05) is 44.1 Å². The van der Waals surface area contributed by atoms with Crippen LogP contribution in [-0.4, -0.2) is 76.6 Å². The van der Waals surface area contributed by atoms with Crippen LogP contribution in [0.25, 0.3) is 10.8 Å². The summed E-state index contributed by atoms with van der Waals surface area (Å²) >= 11 is 0. The lowest BCUT2D eigenvalue weighted by Crippen LogP contribution is -2.49. The van der Waals surface area contributed by atoms with Crippen molar-refractivity contribution in [3.63, 3.8) is 0 Å². The fraction of sp³-hybridized carbons (Fsp3) is 0.560. The lowest BCUT2D eigenvalue weighted by molar-refractivity contribution is -0.133. The van der Waals surface area contributed by atoms with Crippen molar-refractivity contribution in [1.29, 1.82) is 0 Å². The zero-order valence-electron chi connectivity index (χ0n) is 20.0. The van der Waals surface area contributed by atoms with Gasteiger partial charge in [0.2, 0.25) is 5.91 Å². The van der Waals surface area contributed by atoms with Gasteiger partial charge in [0.05, 0.1) is 0 Å². The predicted octanol–water partition coefficient (Wildman–Crippen LogP) is 3.91. The monoisotopic (exact) mass is 440 g/mol. The first-order valence-corrected chi connectivity index (χ1v) is 11.4. The quantitative estimate of drug-likeness (QED) is 0.721. The third-order valence-corrected chi connectivity index (χ3v) is 5.75. The van der Waals surface area contributed by atoms with E-state index >= 15 is 0 Å². The zero-order chi connectivity index (χ0) is 23.3. The lowest BCUT2D eigenvalue weighted by atomic mass is 10.1. The first-order valence-electron chi connectivity index (χ1n) is 11.4. The summed E-state index contributed by atoms with van der Waals surface area (Å²) in [5.74, 6) is -0.0368. The number of aromatic nitrogens is 1. The molecule has 7 heteroatoms. The number of rotatable bonds is 4. The van der Waals surface area contributed by atoms with Crippen molar-refractivity contribution >= 4 is 22.8 Å². The molecule has 32 heavy (non-hydrogen) atoms. The van der Waals surface area contributed by atoms with Crippen molar-refractivity contribution in [2.24, 2.45) is 0 Å². The fourth-order valence-electron chi connectivity index (χ4n) is 4.00. The van der Waals surface area contributed by atoms with Crippen LogP contribution in [0.15, 0.2) is 36.7 Å². The highest BCUT2D eigenvalue weighted by Gasteiger charge is 2.26. The Morgan fingerprint density at radius 3 is 2.66 bits per heavy atom. The van der Waals surface area contributed by atoms with E-state index < -0.39 is 11.7 Å². The molecule has 1 saturated heterocycles. The van der Waals surface area contributed by atoms with Crippen molar-refractivity contribution < 1.29 is 14.3 Å². The highest BCUT2D eigenvalue weighted by molar-refractivity contribution is 5.82. The second-order valence-electron chi connectivity index (χ2n) is 9.76. The Morgan fingerprint density at radius 2 is 1.91 bits per heavy atom. The largest absolute Gasteiger partial charge is 0.444 e. The average Bonchev–Trinajstić information content (AvgIpc) is 2.72. The molecule has 1 aliphatic rings. The van der Waals surface area contributed by atoms with Crippen molar-refractivity contribution in [2.75, 3.05) is 33.2 Å². The molecule has 1 atom stereocenters. The Balaban J connectivity index is 1.61. The van der Waals surface area contributed by atoms with Gasteiger partial charge in [-0.15, -0.1) is 0 Å². The molecule has 0 radical (unpaired) electrons. The second kappa shape index (κ2) is 10.3. The smallest absolute Gasteiger partial charge is 0.410 e. The van der Waals surface area contributed by atoms with Gasteiger partial charge in [-0.3, -0.25) is 14.7 Å². The Morgan fingerprint density at radius 1 is 1.16 bits per heavy atom. The molecule has 1 fully saturated rings. The first-order chi connectivity index (χ1) is 15.1. The zero-order valence-corrected chi connectivity index (χ0v) is 20.0. The minimum atomic E-state index is -0.580. The SMILES string of the molecule is C[C@@H]1CN(C(=O)CN(C)C(=O)OC(C)(C)C)CCCCN1Cc1ccc2cnccc2c1. The molecule has 0 N–H and O–H groups in total. The number of hydrogen-bond acceptors (Lipinski definition) is 5. The van der Waals surface area contributed by atoms with Gasteiger partial charge in [0.1, 0.15) is 12.1 Å². The summed E-state index contributed by atoms with van der Waals surface area (Å²) in [6.07, 6.45) is 5.22. The van der Waals surface area contributed by atoms with E-state index in [2.05, 4.69) is 35.0 Å². The Kier molecular flexibility index (Phi) is 7.72. The highest BCUT2D eigenvalue weighted by atomic mass is 16.6. The molecule has 2 aromatic rings. The number of hydrogen-bond donors (Lipinski definition) is 0. The summed E-state index contributed by atoms with van der Waals surface area (Å²) in [5, 5.41) is 2.34. The number of carbonyl (C=O) groups is 2. The standard InChI is InChI=1S/C25H36N4O3/c1-19-16-29(23(30)18-27(5)24(31)32-25(2,3)4)13-7-6-12-28(19)17-20-8-9-22-15-26-11-10-21(22)14-20/h8-11,14-15,19H,6-7,12-13,16-18H2,1-5H3/t19-/m1/s1. The van der Waals surface area contributed by atoms with Crippen molar-refractivity contribution in [3.05, 3.63) is 42.2 Å². The maximum atomic E-state index is 13.0. The number of likely N-dealkylation sites (N-methyl/N-ethyl adjacent to an activating group) is 1. The highest BCUT2D eigenvalue weighted by Crippen LogP contribution is 2.19. The number of nitrogens with zero attached hydrogens (tertiary/aromatic N) is 4. The van der Waals surface area contributed by atoms with Gasteiger partial charge in [0, 0.05) is 50.5 Å². The number of carbonyl (C=O) groups excluding carboxylic acids is 2. The van der Waals surface area contributed by atoms with Gasteiger partial charge in [-0.05, 0) is 70.2 Å². The number of pyridine rings is 1. The molecule has 0 bridgehead atoms. The molecule has 1 aromatic carbocycles. The number of fused-ring (bicyclic) bond motifs is 1.